The van der Waals surface area contributed by atoms with Crippen LogP contribution in [-0.2, 0) is 6.54 Å². The molecular weight excluding hydrogens is 356 g/mol. The second kappa shape index (κ2) is 8.85. The molecule has 0 aliphatic heterocycles. The van der Waals surface area contributed by atoms with Crippen LogP contribution in [0.4, 0.5) is 17.3 Å². The Morgan fingerprint density at radius 1 is 0.929 bits per heavy atom. The van der Waals surface area contributed by atoms with Crippen molar-refractivity contribution in [2.75, 3.05) is 24.9 Å². The fourth-order valence-electron chi connectivity index (χ4n) is 2.64. The molecule has 144 valence electrons. The zero-order chi connectivity index (χ0) is 19.9. The molecule has 0 radical (unpaired) electrons. The maximum absolute atomic E-state index is 11.4. The predicted molar refractivity (Wildman–Crippen MR) is 109 cm³/mol. The first kappa shape index (κ1) is 19.2. The number of hydrogen-bond donors (Lipinski definition) is 2. The summed E-state index contributed by atoms with van der Waals surface area (Å²) in [4.78, 5) is 19.8. The minimum absolute atomic E-state index is 0.0373. The van der Waals surface area contributed by atoms with Gasteiger partial charge in [0.1, 0.15) is 18.0 Å². The third-order valence-corrected chi connectivity index (χ3v) is 4.15. The van der Waals surface area contributed by atoms with Crippen LogP contribution in [0.15, 0.2) is 54.9 Å². The van der Waals surface area contributed by atoms with Crippen LogP contribution in [0.3, 0.4) is 0 Å². The Hall–Kier alpha value is -3.61. The smallest absolute Gasteiger partial charge is 0.161 e. The highest BCUT2D eigenvalue weighted by atomic mass is 16.5. The van der Waals surface area contributed by atoms with E-state index in [-0.39, 0.29) is 5.78 Å². The molecule has 0 spiro atoms. The van der Waals surface area contributed by atoms with Gasteiger partial charge in [0.15, 0.2) is 17.3 Å². The third-order valence-electron chi connectivity index (χ3n) is 4.15. The number of rotatable bonds is 8. The summed E-state index contributed by atoms with van der Waals surface area (Å²) >= 11 is 0. The van der Waals surface area contributed by atoms with Crippen molar-refractivity contribution in [3.05, 3.63) is 66.0 Å². The zero-order valence-corrected chi connectivity index (χ0v) is 16.0. The van der Waals surface area contributed by atoms with Gasteiger partial charge in [0.05, 0.1) is 14.2 Å². The lowest BCUT2D eigenvalue weighted by Gasteiger charge is -2.11. The second-order valence-corrected chi connectivity index (χ2v) is 6.09. The molecular formula is C21H22N4O3. The summed E-state index contributed by atoms with van der Waals surface area (Å²) in [6, 6.07) is 14.8. The first-order chi connectivity index (χ1) is 13.6. The molecule has 0 amide bonds. The number of ketones is 1. The van der Waals surface area contributed by atoms with Gasteiger partial charge >= 0.3 is 0 Å². The summed E-state index contributed by atoms with van der Waals surface area (Å²) < 4.78 is 10.6. The number of carbonyl (C=O) groups is 1. The molecule has 0 saturated carbocycles. The third kappa shape index (κ3) is 4.76. The summed E-state index contributed by atoms with van der Waals surface area (Å²) in [7, 11) is 3.22. The van der Waals surface area contributed by atoms with Crippen molar-refractivity contribution in [1.82, 2.24) is 9.97 Å². The van der Waals surface area contributed by atoms with E-state index in [9.17, 15) is 4.79 Å². The van der Waals surface area contributed by atoms with E-state index < -0.39 is 0 Å². The van der Waals surface area contributed by atoms with E-state index in [1.807, 2.05) is 36.4 Å². The van der Waals surface area contributed by atoms with Crippen molar-refractivity contribution < 1.29 is 14.3 Å². The first-order valence-electron chi connectivity index (χ1n) is 8.74. The van der Waals surface area contributed by atoms with Crippen LogP contribution in [0.2, 0.25) is 0 Å². The van der Waals surface area contributed by atoms with Gasteiger partial charge < -0.3 is 20.1 Å². The number of ether oxygens (including phenoxy) is 2. The van der Waals surface area contributed by atoms with Crippen molar-refractivity contribution >= 4 is 23.1 Å². The van der Waals surface area contributed by atoms with Crippen LogP contribution in [0.25, 0.3) is 0 Å². The van der Waals surface area contributed by atoms with E-state index in [0.29, 0.717) is 35.2 Å². The first-order valence-corrected chi connectivity index (χ1v) is 8.74. The average Bonchev–Trinajstić information content (AvgIpc) is 2.72. The SMILES string of the molecule is COc1ccc(CNc2cc(Nc3ccc(C(C)=O)cc3)ncn2)cc1OC. The summed E-state index contributed by atoms with van der Waals surface area (Å²) in [6.07, 6.45) is 1.49. The highest BCUT2D eigenvalue weighted by Crippen LogP contribution is 2.27. The topological polar surface area (TPSA) is 85.4 Å². The van der Waals surface area contributed by atoms with Crippen molar-refractivity contribution in [1.29, 1.82) is 0 Å². The Balaban J connectivity index is 1.65. The summed E-state index contributed by atoms with van der Waals surface area (Å²) in [5, 5.41) is 6.47. The van der Waals surface area contributed by atoms with E-state index in [1.54, 1.807) is 33.3 Å². The number of benzene rings is 2. The minimum atomic E-state index is 0.0373. The van der Waals surface area contributed by atoms with Crippen molar-refractivity contribution in [3.8, 4) is 11.5 Å². The number of aromatic nitrogens is 2. The molecule has 0 unspecified atom stereocenters. The Kier molecular flexibility index (Phi) is 6.06. The molecule has 0 fully saturated rings. The highest BCUT2D eigenvalue weighted by Gasteiger charge is 2.06. The van der Waals surface area contributed by atoms with Gasteiger partial charge in [-0.1, -0.05) is 6.07 Å². The molecule has 0 atom stereocenters. The zero-order valence-electron chi connectivity index (χ0n) is 16.0. The minimum Gasteiger partial charge on any atom is -0.493 e. The quantitative estimate of drug-likeness (QED) is 0.572. The number of anilines is 3. The molecule has 1 heterocycles. The standard InChI is InChI=1S/C21H22N4O3/c1-14(26)16-5-7-17(8-6-16)25-21-11-20(23-13-24-21)22-12-15-4-9-18(27-2)19(10-15)28-3/h4-11,13H,12H2,1-3H3,(H2,22,23,24,25). The fourth-order valence-corrected chi connectivity index (χ4v) is 2.64. The molecule has 0 aliphatic carbocycles. The van der Waals surface area contributed by atoms with E-state index >= 15 is 0 Å². The van der Waals surface area contributed by atoms with Gasteiger partial charge in [0.2, 0.25) is 0 Å². The van der Waals surface area contributed by atoms with Gasteiger partial charge in [-0.2, -0.15) is 0 Å². The van der Waals surface area contributed by atoms with Crippen LogP contribution < -0.4 is 20.1 Å². The molecule has 7 heteroatoms. The number of carbonyl (C=O) groups excluding carboxylic acids is 1. The van der Waals surface area contributed by atoms with Crippen LogP contribution in [-0.4, -0.2) is 30.0 Å². The summed E-state index contributed by atoms with van der Waals surface area (Å²) in [5.74, 6) is 2.75. The Morgan fingerprint density at radius 3 is 2.32 bits per heavy atom. The molecule has 7 nitrogen and oxygen atoms in total. The Labute approximate surface area is 163 Å². The van der Waals surface area contributed by atoms with E-state index in [2.05, 4.69) is 20.6 Å². The molecule has 28 heavy (non-hydrogen) atoms. The van der Waals surface area contributed by atoms with Gasteiger partial charge in [0.25, 0.3) is 0 Å². The molecule has 0 bridgehead atoms. The number of nitrogens with one attached hydrogen (secondary N) is 2. The maximum atomic E-state index is 11.4. The van der Waals surface area contributed by atoms with Crippen LogP contribution in [0, 0.1) is 0 Å². The predicted octanol–water partition coefficient (Wildman–Crippen LogP) is 4.05. The van der Waals surface area contributed by atoms with Crippen molar-refractivity contribution in [2.24, 2.45) is 0 Å². The van der Waals surface area contributed by atoms with Crippen LogP contribution in [0.1, 0.15) is 22.8 Å². The van der Waals surface area contributed by atoms with Crippen molar-refractivity contribution in [3.63, 3.8) is 0 Å². The highest BCUT2D eigenvalue weighted by molar-refractivity contribution is 5.94. The molecule has 3 aromatic rings. The molecule has 0 aliphatic rings. The number of hydrogen-bond acceptors (Lipinski definition) is 7. The maximum Gasteiger partial charge on any atom is 0.161 e. The molecule has 1 aromatic heterocycles. The summed E-state index contributed by atoms with van der Waals surface area (Å²) in [6.45, 7) is 2.12. The van der Waals surface area contributed by atoms with E-state index in [1.165, 1.54) is 6.33 Å². The second-order valence-electron chi connectivity index (χ2n) is 6.09. The molecule has 0 saturated heterocycles. The Bertz CT molecular complexity index is 958. The number of Topliss-reactive ketones (excluding diaryl/α,β-unsaturated/α-hetero) is 1. The lowest BCUT2D eigenvalue weighted by Crippen LogP contribution is -2.04. The van der Waals surface area contributed by atoms with E-state index in [4.69, 9.17) is 9.47 Å². The van der Waals surface area contributed by atoms with Crippen LogP contribution in [0.5, 0.6) is 11.5 Å². The normalized spacial score (nSPS) is 10.2. The van der Waals surface area contributed by atoms with Crippen LogP contribution >= 0.6 is 0 Å². The average molecular weight is 378 g/mol. The lowest BCUT2D eigenvalue weighted by atomic mass is 10.1. The molecule has 2 aromatic carbocycles. The lowest BCUT2D eigenvalue weighted by molar-refractivity contribution is 0.101. The largest absolute Gasteiger partial charge is 0.493 e. The van der Waals surface area contributed by atoms with E-state index in [0.717, 1.165) is 11.3 Å². The van der Waals surface area contributed by atoms with Gasteiger partial charge in [-0.05, 0) is 48.9 Å². The monoisotopic (exact) mass is 378 g/mol. The summed E-state index contributed by atoms with van der Waals surface area (Å²) in [5.41, 5.74) is 2.55. The van der Waals surface area contributed by atoms with Gasteiger partial charge in [0, 0.05) is 23.9 Å². The molecule has 3 rings (SSSR count). The molecule has 2 N–H and O–H groups in total. The fraction of sp³-hybridized carbons (Fsp3) is 0.190. The Morgan fingerprint density at radius 2 is 1.64 bits per heavy atom. The number of nitrogens with zero attached hydrogens (tertiary/aromatic N) is 2. The van der Waals surface area contributed by atoms with Gasteiger partial charge in [-0.15, -0.1) is 0 Å². The van der Waals surface area contributed by atoms with Gasteiger partial charge in [-0.25, -0.2) is 9.97 Å². The van der Waals surface area contributed by atoms with Gasteiger partial charge in [-0.3, -0.25) is 4.79 Å². The van der Waals surface area contributed by atoms with Crippen molar-refractivity contribution in [2.45, 2.75) is 13.5 Å². The number of methoxy groups -OCH3 is 2.